The molecule has 4 saturated heterocycles. The van der Waals surface area contributed by atoms with E-state index in [0.29, 0.717) is 38.7 Å². The van der Waals surface area contributed by atoms with E-state index in [2.05, 4.69) is 34.6 Å². The third-order valence-electron chi connectivity index (χ3n) is 19.9. The molecule has 9 fully saturated rings. The first kappa shape index (κ1) is 50.2. The van der Waals surface area contributed by atoms with Gasteiger partial charge in [0.15, 0.2) is 18.9 Å². The highest BCUT2D eigenvalue weighted by Crippen LogP contribution is 2.89. The van der Waals surface area contributed by atoms with Crippen LogP contribution in [0.15, 0.2) is 0 Å². The molecule has 5 aliphatic carbocycles. The van der Waals surface area contributed by atoms with Crippen molar-refractivity contribution in [3.63, 3.8) is 0 Å². The van der Waals surface area contributed by atoms with Crippen LogP contribution in [-0.2, 0) is 33.2 Å². The maximum atomic E-state index is 12.3. The fourth-order valence-corrected chi connectivity index (χ4v) is 16.3. The van der Waals surface area contributed by atoms with E-state index in [1.165, 1.54) is 0 Å². The van der Waals surface area contributed by atoms with Gasteiger partial charge < -0.3 is 94.4 Å². The van der Waals surface area contributed by atoms with Crippen molar-refractivity contribution in [2.45, 2.75) is 215 Å². The lowest BCUT2D eigenvalue weighted by molar-refractivity contribution is -0.369. The zero-order chi connectivity index (χ0) is 48.1. The van der Waals surface area contributed by atoms with Gasteiger partial charge in [-0.3, -0.25) is 0 Å². The summed E-state index contributed by atoms with van der Waals surface area (Å²) < 4.78 is 44.1. The highest BCUT2D eigenvalue weighted by Gasteiger charge is 2.85. The summed E-state index contributed by atoms with van der Waals surface area (Å²) in [5, 5.41) is 130. The van der Waals surface area contributed by atoms with Gasteiger partial charge in [-0.25, -0.2) is 0 Å². The first-order chi connectivity index (χ1) is 30.7. The van der Waals surface area contributed by atoms with Gasteiger partial charge in [0.25, 0.3) is 0 Å². The number of aliphatic hydroxyl groups excluding tert-OH is 11. The maximum absolute atomic E-state index is 12.3. The molecule has 12 N–H and O–H groups in total. The smallest absolute Gasteiger partial charge is 0.187 e. The number of hydrogen-bond donors (Lipinski definition) is 12. The standard InChI is InChI=1S/C47H78O19/c1-41(2)27(65-40-35(28(52)22(51)18-60-40)66-39-34(58)32(56)30(54)25(16-49)64-39)8-9-47-19-46(47)11-10-43(5)36(45(7)13-20(17-61-45)42(3,4)59)21(50)14-44(43,6)26(46)12-23(37(41)47)62-38-33(57)31(55)29(53)24(15-48)63-38/h20-40,48-59H,8-19H2,1-7H3/t20-,21-,22-,23+,24+,25-,26-,27-,28+,29-,30+,31+,32+,33+,34-,35-,36-,37+,38-,39-,40+,43+,44-,45+,46-,47+/m1/s1. The largest absolute Gasteiger partial charge is 0.394 e. The van der Waals surface area contributed by atoms with Crippen LogP contribution in [0.1, 0.15) is 99.8 Å². The van der Waals surface area contributed by atoms with Crippen molar-refractivity contribution >= 4 is 0 Å². The molecular formula is C47H78O19. The molecule has 0 bridgehead atoms. The van der Waals surface area contributed by atoms with Gasteiger partial charge in [-0.05, 0) is 111 Å². The Morgan fingerprint density at radius 2 is 1.21 bits per heavy atom. The fourth-order valence-electron chi connectivity index (χ4n) is 16.3. The third-order valence-corrected chi connectivity index (χ3v) is 19.9. The molecule has 19 nitrogen and oxygen atoms in total. The van der Waals surface area contributed by atoms with E-state index in [0.717, 1.165) is 19.3 Å². The van der Waals surface area contributed by atoms with E-state index in [4.69, 9.17) is 33.2 Å². The van der Waals surface area contributed by atoms with E-state index < -0.39 is 140 Å². The van der Waals surface area contributed by atoms with Crippen molar-refractivity contribution in [3.05, 3.63) is 0 Å². The fraction of sp³-hybridized carbons (Fsp3) is 1.00. The molecule has 0 aromatic carbocycles. The second-order valence-corrected chi connectivity index (χ2v) is 23.9. The number of rotatable bonds is 10. The van der Waals surface area contributed by atoms with Gasteiger partial charge in [-0.15, -0.1) is 0 Å². The van der Waals surface area contributed by atoms with Crippen molar-refractivity contribution in [3.8, 4) is 0 Å². The van der Waals surface area contributed by atoms with E-state index in [-0.39, 0.29) is 46.5 Å². The van der Waals surface area contributed by atoms with Crippen LogP contribution in [0.3, 0.4) is 0 Å². The van der Waals surface area contributed by atoms with Crippen LogP contribution in [0, 0.1) is 50.7 Å². The summed E-state index contributed by atoms with van der Waals surface area (Å²) in [5.41, 5.74) is -3.68. The van der Waals surface area contributed by atoms with E-state index in [1.54, 1.807) is 0 Å². The minimum Gasteiger partial charge on any atom is -0.394 e. The molecule has 9 aliphatic rings. The molecule has 4 heterocycles. The zero-order valence-corrected chi connectivity index (χ0v) is 39.3. The molecule has 66 heavy (non-hydrogen) atoms. The highest BCUT2D eigenvalue weighted by molar-refractivity contribution is 5.33. The van der Waals surface area contributed by atoms with Crippen LogP contribution in [0.5, 0.6) is 0 Å². The summed E-state index contributed by atoms with van der Waals surface area (Å²) in [6.45, 7) is 13.2. The summed E-state index contributed by atoms with van der Waals surface area (Å²) in [6.07, 6.45) is -18.0. The number of fused-ring (bicyclic) bond motifs is 2. The minimum atomic E-state index is -1.80. The average Bonchev–Trinajstić information content (AvgIpc) is 3.62. The number of aliphatic hydroxyl groups is 12. The Morgan fingerprint density at radius 1 is 0.606 bits per heavy atom. The molecule has 380 valence electrons. The second kappa shape index (κ2) is 16.9. The second-order valence-electron chi connectivity index (χ2n) is 23.9. The summed E-state index contributed by atoms with van der Waals surface area (Å²) in [6, 6.07) is 0. The van der Waals surface area contributed by atoms with Gasteiger partial charge in [-0.2, -0.15) is 0 Å². The third kappa shape index (κ3) is 7.30. The zero-order valence-electron chi connectivity index (χ0n) is 39.3. The topological polar surface area (TPSA) is 307 Å². The predicted octanol–water partition coefficient (Wildman–Crippen LogP) is -1.59. The van der Waals surface area contributed by atoms with Crippen molar-refractivity contribution in [2.24, 2.45) is 50.7 Å². The van der Waals surface area contributed by atoms with Gasteiger partial charge in [0.05, 0.1) is 55.9 Å². The van der Waals surface area contributed by atoms with Gasteiger partial charge in [0, 0.05) is 11.8 Å². The number of hydrogen-bond acceptors (Lipinski definition) is 19. The molecule has 26 atom stereocenters. The predicted molar refractivity (Wildman–Crippen MR) is 226 cm³/mol. The van der Waals surface area contributed by atoms with E-state index in [1.807, 2.05) is 13.8 Å². The Morgan fingerprint density at radius 3 is 1.79 bits per heavy atom. The monoisotopic (exact) mass is 947 g/mol. The summed E-state index contributed by atoms with van der Waals surface area (Å²) in [4.78, 5) is 0. The number of ether oxygens (including phenoxy) is 7. The average molecular weight is 947 g/mol. The molecule has 0 aromatic rings. The molecule has 0 radical (unpaired) electrons. The van der Waals surface area contributed by atoms with Gasteiger partial charge in [0.1, 0.15) is 67.1 Å². The Labute approximate surface area is 386 Å². The van der Waals surface area contributed by atoms with Crippen LogP contribution < -0.4 is 0 Å². The lowest BCUT2D eigenvalue weighted by Gasteiger charge is -2.65. The lowest BCUT2D eigenvalue weighted by Crippen LogP contribution is -2.66. The molecule has 4 aliphatic heterocycles. The quantitative estimate of drug-likeness (QED) is 0.110. The molecule has 0 aromatic heterocycles. The normalized spacial score (nSPS) is 58.0. The molecule has 5 saturated carbocycles. The SMILES string of the molecule is CC(C)(O)[C@H]1CO[C@](C)([C@@H]2[C@H](O)C[C@]3(C)[C@H]4C[C@H](O[C@@H]5O[C@@H](CO)[C@@H](O)[C@H](O)[C@@H]5O)[C@H]5C(C)(C)[C@H](O[C@@H]6OC[C@@H](O)[C@H](O)[C@H]6O[C@H]6O[C@H](CO)[C@H](O)[C@H](O)[C@H]6O)CC[C@]56C[C@]46CC[C@@]23C)C1. The van der Waals surface area contributed by atoms with Crippen LogP contribution in [0.4, 0.5) is 0 Å². The van der Waals surface area contributed by atoms with Crippen molar-refractivity contribution in [2.75, 3.05) is 26.4 Å². The van der Waals surface area contributed by atoms with Crippen LogP contribution in [0.25, 0.3) is 0 Å². The molecule has 0 unspecified atom stereocenters. The first-order valence-corrected chi connectivity index (χ1v) is 24.3. The molecule has 9 rings (SSSR count). The minimum absolute atomic E-state index is 0.0208. The van der Waals surface area contributed by atoms with Gasteiger partial charge in [0.2, 0.25) is 0 Å². The summed E-state index contributed by atoms with van der Waals surface area (Å²) >= 11 is 0. The summed E-state index contributed by atoms with van der Waals surface area (Å²) in [5.74, 6) is -0.581. The van der Waals surface area contributed by atoms with Crippen LogP contribution in [0.2, 0.25) is 0 Å². The van der Waals surface area contributed by atoms with Crippen molar-refractivity contribution in [1.29, 1.82) is 0 Å². The van der Waals surface area contributed by atoms with Gasteiger partial charge in [-0.1, -0.05) is 27.7 Å². The van der Waals surface area contributed by atoms with Crippen molar-refractivity contribution < 1.29 is 94.4 Å². The summed E-state index contributed by atoms with van der Waals surface area (Å²) in [7, 11) is 0. The van der Waals surface area contributed by atoms with E-state index in [9.17, 15) is 61.3 Å². The van der Waals surface area contributed by atoms with Gasteiger partial charge >= 0.3 is 0 Å². The Bertz CT molecular complexity index is 1760. The maximum Gasteiger partial charge on any atom is 0.187 e. The Hall–Kier alpha value is -0.760. The van der Waals surface area contributed by atoms with E-state index >= 15 is 0 Å². The molecule has 0 amide bonds. The van der Waals surface area contributed by atoms with Crippen LogP contribution in [-0.4, -0.2) is 203 Å². The first-order valence-electron chi connectivity index (χ1n) is 24.3. The Balaban J connectivity index is 1.04. The Kier molecular flexibility index (Phi) is 12.9. The lowest BCUT2D eigenvalue weighted by atomic mass is 9.41. The highest BCUT2D eigenvalue weighted by atomic mass is 16.8. The molecular weight excluding hydrogens is 868 g/mol. The molecule has 19 heteroatoms. The van der Waals surface area contributed by atoms with Crippen LogP contribution >= 0.6 is 0 Å². The molecule has 2 spiro atoms. The van der Waals surface area contributed by atoms with Crippen molar-refractivity contribution in [1.82, 2.24) is 0 Å².